The maximum atomic E-state index is 12.1. The fourth-order valence-electron chi connectivity index (χ4n) is 1.40. The Labute approximate surface area is 115 Å². The Hall–Kier alpha value is -1.08. The van der Waals surface area contributed by atoms with E-state index in [1.54, 1.807) is 30.6 Å². The number of hydrogen-bond acceptors (Lipinski definition) is 3. The van der Waals surface area contributed by atoms with Crippen LogP contribution in [0.25, 0.3) is 0 Å². The first-order chi connectivity index (χ1) is 8.69. The molecule has 0 bridgehead atoms. The molecule has 18 heavy (non-hydrogen) atoms. The van der Waals surface area contributed by atoms with Crippen LogP contribution in [-0.2, 0) is 23.1 Å². The minimum Gasteiger partial charge on any atom is -0.270 e. The van der Waals surface area contributed by atoms with Gasteiger partial charge >= 0.3 is 0 Å². The summed E-state index contributed by atoms with van der Waals surface area (Å²) in [6.07, 6.45) is 3.29. The first kappa shape index (κ1) is 13.4. The molecule has 0 aliphatic rings. The molecule has 0 N–H and O–H groups in total. The van der Waals surface area contributed by atoms with Crippen LogP contribution < -0.4 is 0 Å². The van der Waals surface area contributed by atoms with Crippen LogP contribution in [0, 0.1) is 0 Å². The van der Waals surface area contributed by atoms with E-state index in [-0.39, 0.29) is 12.3 Å². The molecule has 2 aromatic heterocycles. The summed E-state index contributed by atoms with van der Waals surface area (Å²) in [7, 11) is -1.23. The van der Waals surface area contributed by atoms with Gasteiger partial charge in [-0.1, -0.05) is 0 Å². The maximum absolute atomic E-state index is 12.1. The van der Waals surface area contributed by atoms with E-state index in [4.69, 9.17) is 0 Å². The second-order valence-electron chi connectivity index (χ2n) is 3.56. The van der Waals surface area contributed by atoms with Gasteiger partial charge in [-0.2, -0.15) is 5.10 Å². The first-order valence-corrected chi connectivity index (χ1v) is 7.38. The van der Waals surface area contributed by atoms with Gasteiger partial charge in [0.2, 0.25) is 0 Å². The van der Waals surface area contributed by atoms with Gasteiger partial charge in [-0.05, 0) is 34.1 Å². The largest absolute Gasteiger partial charge is 0.270 e. The lowest BCUT2D eigenvalue weighted by molar-refractivity contribution is 0.426. The average molecular weight is 332 g/mol. The van der Waals surface area contributed by atoms with Crippen molar-refractivity contribution in [3.8, 4) is 0 Å². The molecule has 7 heteroatoms. The zero-order valence-electron chi connectivity index (χ0n) is 9.42. The molecule has 2 heterocycles. The average Bonchev–Trinajstić information content (AvgIpc) is 2.78. The number of alkyl halides is 1. The van der Waals surface area contributed by atoms with Gasteiger partial charge in [0.15, 0.2) is 0 Å². The Morgan fingerprint density at radius 2 is 2.22 bits per heavy atom. The molecule has 2 aromatic rings. The monoisotopic (exact) mass is 331 g/mol. The van der Waals surface area contributed by atoms with Crippen molar-refractivity contribution in [3.05, 3.63) is 40.8 Å². The van der Waals surface area contributed by atoms with Crippen molar-refractivity contribution in [2.45, 2.75) is 17.3 Å². The third-order valence-corrected chi connectivity index (χ3v) is 3.96. The van der Waals surface area contributed by atoms with Crippen molar-refractivity contribution in [3.63, 3.8) is 0 Å². The SMILES string of the molecule is O=S(Cc1ccn(CCF)n1)c1ccc(Br)cn1. The smallest absolute Gasteiger partial charge is 0.127 e. The predicted octanol–water partition coefficient (Wildman–Crippen LogP) is 2.32. The molecule has 0 saturated heterocycles. The number of pyridine rings is 1. The number of halogens is 2. The number of hydrogen-bond donors (Lipinski definition) is 0. The van der Waals surface area contributed by atoms with Crippen LogP contribution in [0.1, 0.15) is 5.69 Å². The lowest BCUT2D eigenvalue weighted by Crippen LogP contribution is -2.03. The topological polar surface area (TPSA) is 47.8 Å². The summed E-state index contributed by atoms with van der Waals surface area (Å²) in [5.41, 5.74) is 0.673. The second-order valence-corrected chi connectivity index (χ2v) is 5.88. The van der Waals surface area contributed by atoms with Crippen LogP contribution >= 0.6 is 15.9 Å². The minimum absolute atomic E-state index is 0.225. The van der Waals surface area contributed by atoms with Crippen LogP contribution in [-0.4, -0.2) is 25.6 Å². The Morgan fingerprint density at radius 1 is 1.39 bits per heavy atom. The molecule has 0 aromatic carbocycles. The summed E-state index contributed by atoms with van der Waals surface area (Å²) in [5.74, 6) is 0.286. The zero-order valence-corrected chi connectivity index (χ0v) is 11.8. The third kappa shape index (κ3) is 3.46. The van der Waals surface area contributed by atoms with E-state index in [0.29, 0.717) is 10.7 Å². The number of aryl methyl sites for hydroxylation is 1. The Morgan fingerprint density at radius 3 is 2.89 bits per heavy atom. The summed E-state index contributed by atoms with van der Waals surface area (Å²) in [4.78, 5) is 4.08. The van der Waals surface area contributed by atoms with Crippen molar-refractivity contribution in [1.29, 1.82) is 0 Å². The predicted molar refractivity (Wildman–Crippen MR) is 70.3 cm³/mol. The van der Waals surface area contributed by atoms with Crippen molar-refractivity contribution >= 4 is 26.7 Å². The molecule has 96 valence electrons. The standard InChI is InChI=1S/C11H11BrFN3OS/c12-9-1-2-11(14-7-9)18(17)8-10-3-5-16(15-10)6-4-13/h1-3,5,7H,4,6,8H2. The van der Waals surface area contributed by atoms with Crippen molar-refractivity contribution in [2.75, 3.05) is 6.67 Å². The summed E-state index contributed by atoms with van der Waals surface area (Å²) in [6.45, 7) is -0.234. The normalized spacial score (nSPS) is 12.6. The molecule has 0 amide bonds. The molecular weight excluding hydrogens is 321 g/mol. The summed E-state index contributed by atoms with van der Waals surface area (Å²) in [5, 5.41) is 4.64. The van der Waals surface area contributed by atoms with E-state index in [9.17, 15) is 8.60 Å². The van der Waals surface area contributed by atoms with E-state index in [1.165, 1.54) is 4.68 Å². The van der Waals surface area contributed by atoms with Crippen LogP contribution in [0.15, 0.2) is 40.1 Å². The fraction of sp³-hybridized carbons (Fsp3) is 0.273. The highest BCUT2D eigenvalue weighted by Gasteiger charge is 2.08. The number of aromatic nitrogens is 3. The second kappa shape index (κ2) is 6.19. The highest BCUT2D eigenvalue weighted by Crippen LogP contribution is 2.12. The van der Waals surface area contributed by atoms with Crippen LogP contribution in [0.4, 0.5) is 4.39 Å². The summed E-state index contributed by atoms with van der Waals surface area (Å²) in [6, 6.07) is 5.24. The highest BCUT2D eigenvalue weighted by atomic mass is 79.9. The molecule has 4 nitrogen and oxygen atoms in total. The molecule has 0 radical (unpaired) electrons. The molecular formula is C11H11BrFN3OS. The summed E-state index contributed by atoms with van der Waals surface area (Å²) >= 11 is 3.27. The minimum atomic E-state index is -1.23. The number of nitrogens with zero attached hydrogens (tertiary/aromatic N) is 3. The van der Waals surface area contributed by atoms with Gasteiger partial charge in [0.05, 0.1) is 28.8 Å². The molecule has 2 rings (SSSR count). The fourth-order valence-corrected chi connectivity index (χ4v) is 2.59. The van der Waals surface area contributed by atoms with Crippen molar-refractivity contribution in [1.82, 2.24) is 14.8 Å². The first-order valence-electron chi connectivity index (χ1n) is 5.27. The van der Waals surface area contributed by atoms with Crippen molar-refractivity contribution < 1.29 is 8.60 Å². The van der Waals surface area contributed by atoms with E-state index in [1.807, 2.05) is 0 Å². The third-order valence-electron chi connectivity index (χ3n) is 2.22. The van der Waals surface area contributed by atoms with Gasteiger partial charge in [0.1, 0.15) is 11.7 Å². The molecule has 0 aliphatic heterocycles. The Balaban J connectivity index is 2.04. The van der Waals surface area contributed by atoms with Gasteiger partial charge in [-0.25, -0.2) is 9.37 Å². The maximum Gasteiger partial charge on any atom is 0.127 e. The van der Waals surface area contributed by atoms with Gasteiger partial charge in [-0.15, -0.1) is 0 Å². The lowest BCUT2D eigenvalue weighted by Gasteiger charge is -1.99. The molecule has 0 aliphatic carbocycles. The van der Waals surface area contributed by atoms with E-state index < -0.39 is 17.5 Å². The molecule has 0 saturated carbocycles. The molecule has 0 spiro atoms. The van der Waals surface area contributed by atoms with Crippen LogP contribution in [0.2, 0.25) is 0 Å². The van der Waals surface area contributed by atoms with Crippen molar-refractivity contribution in [2.24, 2.45) is 0 Å². The van der Waals surface area contributed by atoms with Gasteiger partial charge in [0, 0.05) is 16.9 Å². The Kier molecular flexibility index (Phi) is 4.60. The Bertz CT molecular complexity index is 543. The van der Waals surface area contributed by atoms with Crippen LogP contribution in [0.3, 0.4) is 0 Å². The number of rotatable bonds is 5. The highest BCUT2D eigenvalue weighted by molar-refractivity contribution is 9.10. The van der Waals surface area contributed by atoms with Gasteiger partial charge in [-0.3, -0.25) is 8.89 Å². The van der Waals surface area contributed by atoms with Gasteiger partial charge < -0.3 is 0 Å². The molecule has 1 unspecified atom stereocenters. The molecule has 1 atom stereocenters. The molecule has 0 fully saturated rings. The van der Waals surface area contributed by atoms with E-state index >= 15 is 0 Å². The van der Waals surface area contributed by atoms with Gasteiger partial charge in [0.25, 0.3) is 0 Å². The zero-order chi connectivity index (χ0) is 13.0. The van der Waals surface area contributed by atoms with Crippen LogP contribution in [0.5, 0.6) is 0 Å². The quantitative estimate of drug-likeness (QED) is 0.844. The summed E-state index contributed by atoms with van der Waals surface area (Å²) < 4.78 is 26.5. The lowest BCUT2D eigenvalue weighted by atomic mass is 10.5. The van der Waals surface area contributed by atoms with E-state index in [0.717, 1.165) is 4.47 Å². The van der Waals surface area contributed by atoms with E-state index in [2.05, 4.69) is 26.0 Å².